The number of carbonyl (C=O) groups is 1. The molecule has 4 rings (SSSR count). The number of anilines is 2. The van der Waals surface area contributed by atoms with E-state index in [9.17, 15) is 26.7 Å². The summed E-state index contributed by atoms with van der Waals surface area (Å²) in [6.45, 7) is 1.86. The van der Waals surface area contributed by atoms with Crippen molar-refractivity contribution in [2.24, 2.45) is 0 Å². The largest absolute Gasteiger partial charge is 0.400 e. The predicted molar refractivity (Wildman–Crippen MR) is 94.5 cm³/mol. The van der Waals surface area contributed by atoms with E-state index in [0.29, 0.717) is 5.69 Å². The third-order valence-electron chi connectivity index (χ3n) is 4.93. The van der Waals surface area contributed by atoms with Gasteiger partial charge in [0.05, 0.1) is 35.7 Å². The van der Waals surface area contributed by atoms with Crippen molar-refractivity contribution in [3.05, 3.63) is 41.6 Å². The maximum Gasteiger partial charge on any atom is 0.400 e. The van der Waals surface area contributed by atoms with Crippen LogP contribution < -0.4 is 10.2 Å². The normalized spacial score (nSPS) is 18.9. The number of rotatable bonds is 2. The van der Waals surface area contributed by atoms with E-state index < -0.39 is 36.3 Å². The molecule has 158 valence electrons. The molecule has 1 atom stereocenters. The number of hydrogen-bond donors (Lipinski definition) is 1. The van der Waals surface area contributed by atoms with Crippen LogP contribution in [0, 0.1) is 6.92 Å². The number of imidazole rings is 1. The molecular weight excluding hydrogens is 413 g/mol. The second kappa shape index (κ2) is 6.57. The predicted octanol–water partition coefficient (Wildman–Crippen LogP) is 3.64. The molecule has 0 saturated carbocycles. The highest BCUT2D eigenvalue weighted by Gasteiger charge is 2.60. The number of amides is 2. The molecule has 2 amide bonds. The highest BCUT2D eigenvalue weighted by Crippen LogP contribution is 2.51. The molecule has 0 saturated heterocycles. The zero-order valence-electron chi connectivity index (χ0n) is 15.6. The Balaban J connectivity index is 1.77. The monoisotopic (exact) mass is 427 g/mol. The molecule has 8 nitrogen and oxygen atoms in total. The molecule has 13 heteroatoms. The van der Waals surface area contributed by atoms with Crippen LogP contribution in [-0.2, 0) is 5.41 Å². The summed E-state index contributed by atoms with van der Waals surface area (Å²) in [5.74, 6) is 0. The van der Waals surface area contributed by atoms with Crippen molar-refractivity contribution in [2.75, 3.05) is 16.8 Å². The Kier molecular flexibility index (Phi) is 4.36. The van der Waals surface area contributed by atoms with Crippen molar-refractivity contribution in [1.29, 1.82) is 0 Å². The first-order valence-corrected chi connectivity index (χ1v) is 8.63. The van der Waals surface area contributed by atoms with Gasteiger partial charge in [0, 0.05) is 12.1 Å². The van der Waals surface area contributed by atoms with Crippen LogP contribution in [0.2, 0.25) is 0 Å². The maximum absolute atomic E-state index is 14.0. The van der Waals surface area contributed by atoms with Gasteiger partial charge in [0.15, 0.2) is 5.65 Å². The molecule has 0 fully saturated rings. The second-order valence-corrected chi connectivity index (χ2v) is 7.07. The van der Waals surface area contributed by atoms with Crippen molar-refractivity contribution in [3.8, 4) is 0 Å². The lowest BCUT2D eigenvalue weighted by Crippen LogP contribution is -2.46. The molecular formula is C17H14F5N7O. The Hall–Kier alpha value is -3.38. The lowest BCUT2D eigenvalue weighted by molar-refractivity contribution is -0.180. The van der Waals surface area contributed by atoms with Gasteiger partial charge in [-0.2, -0.15) is 23.4 Å². The molecule has 0 spiro atoms. The summed E-state index contributed by atoms with van der Waals surface area (Å²) in [5.41, 5.74) is -3.01. The number of nitrogens with one attached hydrogen (secondary N) is 1. The Morgan fingerprint density at radius 1 is 1.30 bits per heavy atom. The average Bonchev–Trinajstić information content (AvgIpc) is 3.19. The number of halogens is 5. The number of aromatic nitrogens is 5. The number of fused-ring (bicyclic) bond motifs is 3. The summed E-state index contributed by atoms with van der Waals surface area (Å²) in [4.78, 5) is 17.8. The number of aryl methyl sites for hydroxylation is 1. The third-order valence-corrected chi connectivity index (χ3v) is 4.93. The molecule has 0 aliphatic carbocycles. The molecule has 0 radical (unpaired) electrons. The lowest BCUT2D eigenvalue weighted by atomic mass is 9.84. The number of alkyl halides is 5. The Morgan fingerprint density at radius 3 is 2.70 bits per heavy atom. The highest BCUT2D eigenvalue weighted by atomic mass is 19.4. The molecule has 1 aliphatic heterocycles. The van der Waals surface area contributed by atoms with Gasteiger partial charge >= 0.3 is 12.2 Å². The fourth-order valence-electron chi connectivity index (χ4n) is 3.42. The summed E-state index contributed by atoms with van der Waals surface area (Å²) in [5, 5.41) is 12.9. The number of hydrogen-bond acceptors (Lipinski definition) is 5. The van der Waals surface area contributed by atoms with Gasteiger partial charge < -0.3 is 5.32 Å². The van der Waals surface area contributed by atoms with Gasteiger partial charge in [0.25, 0.3) is 6.43 Å². The van der Waals surface area contributed by atoms with Crippen LogP contribution in [0.15, 0.2) is 24.7 Å². The SMILES string of the molecule is Cc1cn2ncc3c(c2n1)[C@@](C)(C(F)(F)F)CN3C(=O)Nc1cnnc(C(F)F)c1. The topological polar surface area (TPSA) is 88.3 Å². The van der Waals surface area contributed by atoms with Crippen LogP contribution in [0.25, 0.3) is 5.65 Å². The van der Waals surface area contributed by atoms with E-state index in [1.54, 1.807) is 6.92 Å². The number of urea groups is 1. The van der Waals surface area contributed by atoms with Crippen LogP contribution in [0.3, 0.4) is 0 Å². The van der Waals surface area contributed by atoms with E-state index in [4.69, 9.17) is 0 Å². The Morgan fingerprint density at radius 2 is 2.03 bits per heavy atom. The van der Waals surface area contributed by atoms with E-state index in [-0.39, 0.29) is 22.6 Å². The van der Waals surface area contributed by atoms with E-state index in [0.717, 1.165) is 30.3 Å². The van der Waals surface area contributed by atoms with Gasteiger partial charge in [-0.05, 0) is 19.9 Å². The second-order valence-electron chi connectivity index (χ2n) is 7.07. The minimum absolute atomic E-state index is 0.00862. The van der Waals surface area contributed by atoms with Crippen LogP contribution >= 0.6 is 0 Å². The number of carbonyl (C=O) groups excluding carboxylic acids is 1. The molecule has 1 N–H and O–H groups in total. The summed E-state index contributed by atoms with van der Waals surface area (Å²) in [6.07, 6.45) is -3.97. The summed E-state index contributed by atoms with van der Waals surface area (Å²) in [7, 11) is 0. The van der Waals surface area contributed by atoms with E-state index >= 15 is 0 Å². The lowest BCUT2D eigenvalue weighted by Gasteiger charge is -2.28. The van der Waals surface area contributed by atoms with Crippen molar-refractivity contribution in [3.63, 3.8) is 0 Å². The van der Waals surface area contributed by atoms with Gasteiger partial charge in [0.2, 0.25) is 0 Å². The summed E-state index contributed by atoms with van der Waals surface area (Å²) < 4.78 is 69.0. The van der Waals surface area contributed by atoms with Crippen molar-refractivity contribution < 1.29 is 26.7 Å². The quantitative estimate of drug-likeness (QED) is 0.631. The zero-order chi connectivity index (χ0) is 21.8. The molecule has 3 aromatic rings. The van der Waals surface area contributed by atoms with Gasteiger partial charge in [-0.15, -0.1) is 5.10 Å². The van der Waals surface area contributed by atoms with Gasteiger partial charge in [0.1, 0.15) is 11.1 Å². The van der Waals surface area contributed by atoms with Crippen molar-refractivity contribution in [2.45, 2.75) is 31.9 Å². The molecule has 0 bridgehead atoms. The van der Waals surface area contributed by atoms with Gasteiger partial charge in [-0.25, -0.2) is 23.1 Å². The van der Waals surface area contributed by atoms with Crippen LogP contribution in [-0.4, -0.2) is 43.5 Å². The van der Waals surface area contributed by atoms with Crippen molar-refractivity contribution in [1.82, 2.24) is 24.8 Å². The maximum atomic E-state index is 14.0. The Labute approximate surface area is 165 Å². The molecule has 30 heavy (non-hydrogen) atoms. The molecule has 0 aromatic carbocycles. The first-order chi connectivity index (χ1) is 14.0. The molecule has 3 aromatic heterocycles. The van der Waals surface area contributed by atoms with Gasteiger partial charge in [-0.1, -0.05) is 0 Å². The average molecular weight is 427 g/mol. The third kappa shape index (κ3) is 3.00. The highest BCUT2D eigenvalue weighted by molar-refractivity contribution is 6.04. The standard InChI is InChI=1S/C17H14F5N7O/c1-8-6-29-14(25-8)12-11(5-24-29)28(7-16(12,2)17(20,21)22)15(30)26-9-3-10(13(18)19)27-23-4-9/h3-6,13H,7H2,1-2H3,(H,26,27,30)/t16-/m0/s1. The van der Waals surface area contributed by atoms with Crippen LogP contribution in [0.1, 0.15) is 30.3 Å². The molecule has 0 unspecified atom stereocenters. The minimum atomic E-state index is -4.69. The smallest absolute Gasteiger partial charge is 0.306 e. The first kappa shape index (κ1) is 19.9. The van der Waals surface area contributed by atoms with Crippen LogP contribution in [0.4, 0.5) is 38.1 Å². The first-order valence-electron chi connectivity index (χ1n) is 8.63. The minimum Gasteiger partial charge on any atom is -0.306 e. The summed E-state index contributed by atoms with van der Waals surface area (Å²) in [6, 6.07) is -0.0542. The van der Waals surface area contributed by atoms with E-state index in [1.807, 2.05) is 0 Å². The summed E-state index contributed by atoms with van der Waals surface area (Å²) >= 11 is 0. The fourth-order valence-corrected chi connectivity index (χ4v) is 3.42. The number of nitrogens with zero attached hydrogens (tertiary/aromatic N) is 6. The van der Waals surface area contributed by atoms with Gasteiger partial charge in [-0.3, -0.25) is 4.90 Å². The van der Waals surface area contributed by atoms with Crippen LogP contribution in [0.5, 0.6) is 0 Å². The van der Waals surface area contributed by atoms with Crippen molar-refractivity contribution >= 4 is 23.1 Å². The fraction of sp³-hybridized carbons (Fsp3) is 0.353. The van der Waals surface area contributed by atoms with E-state index in [1.165, 1.54) is 10.7 Å². The molecule has 4 heterocycles. The molecule has 1 aliphatic rings. The zero-order valence-corrected chi connectivity index (χ0v) is 15.6. The Bertz CT molecular complexity index is 1150. The van der Waals surface area contributed by atoms with E-state index in [2.05, 4.69) is 25.6 Å².